The SMILES string of the molecule is COc1ccc2cc(CNC(=O)c3ccc(C(C)(C)C)cc3)c(=O)[nH]c2c1. The molecule has 0 unspecified atom stereocenters. The van der Waals surface area contributed by atoms with Crippen molar-refractivity contribution in [3.63, 3.8) is 0 Å². The molecule has 140 valence electrons. The minimum Gasteiger partial charge on any atom is -0.497 e. The van der Waals surface area contributed by atoms with Gasteiger partial charge in [-0.2, -0.15) is 0 Å². The molecule has 0 aliphatic heterocycles. The van der Waals surface area contributed by atoms with Crippen molar-refractivity contribution in [2.24, 2.45) is 0 Å². The highest BCUT2D eigenvalue weighted by molar-refractivity contribution is 5.94. The molecule has 1 amide bonds. The molecule has 0 fully saturated rings. The van der Waals surface area contributed by atoms with Gasteiger partial charge in [-0.3, -0.25) is 9.59 Å². The van der Waals surface area contributed by atoms with E-state index in [4.69, 9.17) is 4.74 Å². The highest BCUT2D eigenvalue weighted by atomic mass is 16.5. The smallest absolute Gasteiger partial charge is 0.253 e. The Labute approximate surface area is 158 Å². The zero-order valence-electron chi connectivity index (χ0n) is 16.1. The molecular weight excluding hydrogens is 340 g/mol. The lowest BCUT2D eigenvalue weighted by Gasteiger charge is -2.19. The van der Waals surface area contributed by atoms with Crippen LogP contribution in [0.25, 0.3) is 10.9 Å². The van der Waals surface area contributed by atoms with Crippen LogP contribution in [0.15, 0.2) is 53.3 Å². The van der Waals surface area contributed by atoms with Crippen molar-refractivity contribution >= 4 is 16.8 Å². The van der Waals surface area contributed by atoms with E-state index in [1.54, 1.807) is 19.2 Å². The summed E-state index contributed by atoms with van der Waals surface area (Å²) in [5.74, 6) is 0.475. The number of rotatable bonds is 4. The summed E-state index contributed by atoms with van der Waals surface area (Å²) in [6.45, 7) is 6.55. The average molecular weight is 364 g/mol. The summed E-state index contributed by atoms with van der Waals surface area (Å²) in [5.41, 5.74) is 2.76. The maximum Gasteiger partial charge on any atom is 0.253 e. The highest BCUT2D eigenvalue weighted by Crippen LogP contribution is 2.22. The Bertz CT molecular complexity index is 1030. The maximum absolute atomic E-state index is 12.4. The van der Waals surface area contributed by atoms with Crippen LogP contribution >= 0.6 is 0 Å². The van der Waals surface area contributed by atoms with Gasteiger partial charge in [0.2, 0.25) is 0 Å². The molecule has 5 nitrogen and oxygen atoms in total. The molecule has 1 aromatic heterocycles. The third kappa shape index (κ3) is 4.19. The second-order valence-corrected chi connectivity index (χ2v) is 7.59. The van der Waals surface area contributed by atoms with E-state index in [9.17, 15) is 9.59 Å². The number of methoxy groups -OCH3 is 1. The number of hydrogen-bond donors (Lipinski definition) is 2. The van der Waals surface area contributed by atoms with E-state index in [1.807, 2.05) is 36.4 Å². The van der Waals surface area contributed by atoms with Crippen molar-refractivity contribution in [1.29, 1.82) is 0 Å². The number of aromatic nitrogens is 1. The van der Waals surface area contributed by atoms with E-state index in [-0.39, 0.29) is 23.4 Å². The summed E-state index contributed by atoms with van der Waals surface area (Å²) in [6.07, 6.45) is 0. The Hall–Kier alpha value is -3.08. The molecule has 0 atom stereocenters. The van der Waals surface area contributed by atoms with E-state index < -0.39 is 0 Å². The van der Waals surface area contributed by atoms with Gasteiger partial charge in [0.25, 0.3) is 11.5 Å². The molecule has 0 saturated heterocycles. The first kappa shape index (κ1) is 18.7. The van der Waals surface area contributed by atoms with Gasteiger partial charge in [-0.05, 0) is 46.7 Å². The van der Waals surface area contributed by atoms with Crippen LogP contribution in [-0.4, -0.2) is 18.0 Å². The van der Waals surface area contributed by atoms with Crippen molar-refractivity contribution < 1.29 is 9.53 Å². The third-order valence-corrected chi connectivity index (χ3v) is 4.58. The van der Waals surface area contributed by atoms with Gasteiger partial charge in [0.1, 0.15) is 5.75 Å². The van der Waals surface area contributed by atoms with Gasteiger partial charge in [0.15, 0.2) is 0 Å². The van der Waals surface area contributed by atoms with E-state index in [0.29, 0.717) is 22.4 Å². The number of fused-ring (bicyclic) bond motifs is 1. The highest BCUT2D eigenvalue weighted by Gasteiger charge is 2.14. The van der Waals surface area contributed by atoms with Gasteiger partial charge in [0.05, 0.1) is 12.6 Å². The predicted octanol–water partition coefficient (Wildman–Crippen LogP) is 3.76. The Balaban J connectivity index is 1.75. The lowest BCUT2D eigenvalue weighted by Crippen LogP contribution is -2.26. The number of amides is 1. The molecule has 27 heavy (non-hydrogen) atoms. The molecule has 1 heterocycles. The van der Waals surface area contributed by atoms with Crippen LogP contribution < -0.4 is 15.6 Å². The molecule has 5 heteroatoms. The van der Waals surface area contributed by atoms with Crippen molar-refractivity contribution in [1.82, 2.24) is 10.3 Å². The number of H-pyrrole nitrogens is 1. The zero-order chi connectivity index (χ0) is 19.6. The number of benzene rings is 2. The first-order valence-corrected chi connectivity index (χ1v) is 8.86. The van der Waals surface area contributed by atoms with Crippen LogP contribution in [-0.2, 0) is 12.0 Å². The lowest BCUT2D eigenvalue weighted by molar-refractivity contribution is 0.0950. The zero-order valence-corrected chi connectivity index (χ0v) is 16.1. The molecule has 2 aromatic carbocycles. The minimum absolute atomic E-state index is 0.0378. The molecule has 3 rings (SSSR count). The minimum atomic E-state index is -0.223. The van der Waals surface area contributed by atoms with Crippen molar-refractivity contribution in [3.05, 3.63) is 75.6 Å². The topological polar surface area (TPSA) is 71.2 Å². The number of carbonyl (C=O) groups is 1. The summed E-state index contributed by atoms with van der Waals surface area (Å²) in [4.78, 5) is 27.5. The molecule has 0 bridgehead atoms. The number of nitrogens with one attached hydrogen (secondary N) is 2. The Morgan fingerprint density at radius 2 is 1.78 bits per heavy atom. The predicted molar refractivity (Wildman–Crippen MR) is 107 cm³/mol. The number of hydrogen-bond acceptors (Lipinski definition) is 3. The first-order chi connectivity index (χ1) is 12.8. The third-order valence-electron chi connectivity index (χ3n) is 4.58. The summed E-state index contributed by atoms with van der Waals surface area (Å²) >= 11 is 0. The van der Waals surface area contributed by atoms with E-state index in [1.165, 1.54) is 5.56 Å². The van der Waals surface area contributed by atoms with Crippen LogP contribution in [0.1, 0.15) is 42.3 Å². The molecule has 3 aromatic rings. The summed E-state index contributed by atoms with van der Waals surface area (Å²) < 4.78 is 5.17. The van der Waals surface area contributed by atoms with Gasteiger partial charge in [-0.15, -0.1) is 0 Å². The molecule has 2 N–H and O–H groups in total. The fourth-order valence-electron chi connectivity index (χ4n) is 2.88. The van der Waals surface area contributed by atoms with Crippen LogP contribution in [0.2, 0.25) is 0 Å². The average Bonchev–Trinajstić information content (AvgIpc) is 2.65. The van der Waals surface area contributed by atoms with Crippen molar-refractivity contribution in [3.8, 4) is 5.75 Å². The lowest BCUT2D eigenvalue weighted by atomic mass is 9.87. The maximum atomic E-state index is 12.4. The van der Waals surface area contributed by atoms with Crippen LogP contribution in [0.5, 0.6) is 5.75 Å². The molecule has 0 aliphatic rings. The molecule has 0 spiro atoms. The van der Waals surface area contributed by atoms with Crippen molar-refractivity contribution in [2.75, 3.05) is 7.11 Å². The number of carbonyl (C=O) groups excluding carboxylic acids is 1. The monoisotopic (exact) mass is 364 g/mol. The molecular formula is C22H24N2O3. The Morgan fingerprint density at radius 3 is 2.41 bits per heavy atom. The van der Waals surface area contributed by atoms with E-state index in [2.05, 4.69) is 31.1 Å². The summed E-state index contributed by atoms with van der Waals surface area (Å²) in [7, 11) is 1.58. The van der Waals surface area contributed by atoms with Gasteiger partial charge >= 0.3 is 0 Å². The fraction of sp³-hybridized carbons (Fsp3) is 0.273. The normalized spacial score (nSPS) is 11.4. The van der Waals surface area contributed by atoms with E-state index >= 15 is 0 Å². The van der Waals surface area contributed by atoms with Gasteiger partial charge in [-0.25, -0.2) is 0 Å². The first-order valence-electron chi connectivity index (χ1n) is 8.86. The second-order valence-electron chi connectivity index (χ2n) is 7.59. The molecule has 0 saturated carbocycles. The second kappa shape index (κ2) is 7.27. The Morgan fingerprint density at radius 1 is 1.07 bits per heavy atom. The van der Waals surface area contributed by atoms with Gasteiger partial charge < -0.3 is 15.0 Å². The van der Waals surface area contributed by atoms with E-state index in [0.717, 1.165) is 5.39 Å². The standard InChI is InChI=1S/C22H24N2O3/c1-22(2,3)17-8-5-14(6-9-17)20(25)23-13-16-11-15-7-10-18(27-4)12-19(15)24-21(16)26/h5-12H,13H2,1-4H3,(H,23,25)(H,24,26). The molecule has 0 aliphatic carbocycles. The van der Waals surface area contributed by atoms with Gasteiger partial charge in [0, 0.05) is 23.7 Å². The summed E-state index contributed by atoms with van der Waals surface area (Å²) in [5, 5.41) is 3.70. The van der Waals surface area contributed by atoms with Crippen LogP contribution in [0, 0.1) is 0 Å². The molecule has 0 radical (unpaired) electrons. The fourth-order valence-corrected chi connectivity index (χ4v) is 2.88. The van der Waals surface area contributed by atoms with Crippen molar-refractivity contribution in [2.45, 2.75) is 32.7 Å². The largest absolute Gasteiger partial charge is 0.497 e. The van der Waals surface area contributed by atoms with Gasteiger partial charge in [-0.1, -0.05) is 32.9 Å². The summed E-state index contributed by atoms with van der Waals surface area (Å²) in [6, 6.07) is 14.8. The van der Waals surface area contributed by atoms with Crippen LogP contribution in [0.3, 0.4) is 0 Å². The Kier molecular flexibility index (Phi) is 5.04. The number of ether oxygens (including phenoxy) is 1. The number of pyridine rings is 1. The number of aromatic amines is 1. The quantitative estimate of drug-likeness (QED) is 0.740. The van der Waals surface area contributed by atoms with Crippen LogP contribution in [0.4, 0.5) is 0 Å².